The Morgan fingerprint density at radius 3 is 2.62 bits per heavy atom. The summed E-state index contributed by atoms with van der Waals surface area (Å²) in [6.07, 6.45) is -0.846. The molecule has 7 nitrogen and oxygen atoms in total. The van der Waals surface area contributed by atoms with Gasteiger partial charge in [0.1, 0.15) is 23.5 Å². The Kier molecular flexibility index (Phi) is 6.48. The van der Waals surface area contributed by atoms with E-state index in [1.165, 1.54) is 43.3 Å². The molecule has 34 heavy (non-hydrogen) atoms. The average Bonchev–Trinajstić information content (AvgIpc) is 2.79. The molecule has 1 atom stereocenters. The number of halogens is 3. The molecule has 3 aromatic carbocycles. The van der Waals surface area contributed by atoms with Crippen LogP contribution in [0, 0.1) is 18.6 Å². The third-order valence-corrected chi connectivity index (χ3v) is 7.35. The first-order chi connectivity index (χ1) is 16.1. The second kappa shape index (κ2) is 9.21. The number of benzene rings is 3. The van der Waals surface area contributed by atoms with Crippen LogP contribution in [-0.4, -0.2) is 38.7 Å². The molecule has 1 aliphatic rings. The number of fused-ring (bicyclic) bond motifs is 1. The number of nitrogens with one attached hydrogen (secondary N) is 1. The van der Waals surface area contributed by atoms with Gasteiger partial charge in [0.15, 0.2) is 0 Å². The Bertz CT molecular complexity index is 1360. The number of carbonyl (C=O) groups is 1. The third kappa shape index (κ3) is 4.44. The smallest absolute Gasteiger partial charge is 0.264 e. The SMILES string of the molecule is Cc1cc(S(=O)(=O)N2CC(CO)Oc3ccc(NC(=O)c4c(F)cccc4Cl)cc32)ccc1F. The number of carbonyl (C=O) groups excluding carboxylic acids is 1. The predicted molar refractivity (Wildman–Crippen MR) is 123 cm³/mol. The van der Waals surface area contributed by atoms with Crippen molar-refractivity contribution in [2.75, 3.05) is 22.8 Å². The summed E-state index contributed by atoms with van der Waals surface area (Å²) in [6.45, 7) is 0.774. The van der Waals surface area contributed by atoms with Gasteiger partial charge >= 0.3 is 0 Å². The Morgan fingerprint density at radius 1 is 1.18 bits per heavy atom. The Labute approximate surface area is 199 Å². The van der Waals surface area contributed by atoms with Gasteiger partial charge in [-0.15, -0.1) is 0 Å². The van der Waals surface area contributed by atoms with Crippen LogP contribution in [0.25, 0.3) is 0 Å². The highest BCUT2D eigenvalue weighted by Gasteiger charge is 2.35. The Balaban J connectivity index is 1.74. The number of aryl methyl sites for hydroxylation is 1. The molecule has 0 aliphatic carbocycles. The number of amides is 1. The van der Waals surface area contributed by atoms with E-state index in [9.17, 15) is 27.1 Å². The average molecular weight is 509 g/mol. The van der Waals surface area contributed by atoms with Crippen LogP contribution < -0.4 is 14.4 Å². The van der Waals surface area contributed by atoms with Crippen LogP contribution in [0.15, 0.2) is 59.5 Å². The molecule has 11 heteroatoms. The number of hydrogen-bond acceptors (Lipinski definition) is 5. The first-order valence-electron chi connectivity index (χ1n) is 10.1. The lowest BCUT2D eigenvalue weighted by Crippen LogP contribution is -2.45. The summed E-state index contributed by atoms with van der Waals surface area (Å²) in [4.78, 5) is 12.5. The van der Waals surface area contributed by atoms with Crippen LogP contribution in [0.5, 0.6) is 5.75 Å². The van der Waals surface area contributed by atoms with Gasteiger partial charge in [-0.2, -0.15) is 0 Å². The van der Waals surface area contributed by atoms with Crippen molar-refractivity contribution in [1.29, 1.82) is 0 Å². The number of anilines is 2. The monoisotopic (exact) mass is 508 g/mol. The molecule has 0 saturated carbocycles. The first kappa shape index (κ1) is 23.9. The van der Waals surface area contributed by atoms with Gasteiger partial charge < -0.3 is 15.2 Å². The molecule has 1 unspecified atom stereocenters. The van der Waals surface area contributed by atoms with Crippen LogP contribution in [0.4, 0.5) is 20.2 Å². The molecular weight excluding hydrogens is 490 g/mol. The fraction of sp³-hybridized carbons (Fsp3) is 0.174. The van der Waals surface area contributed by atoms with Gasteiger partial charge in [0.2, 0.25) is 0 Å². The van der Waals surface area contributed by atoms with Gasteiger partial charge in [0, 0.05) is 5.69 Å². The van der Waals surface area contributed by atoms with Crippen LogP contribution in [-0.2, 0) is 10.0 Å². The number of ether oxygens (including phenoxy) is 1. The Morgan fingerprint density at radius 2 is 1.94 bits per heavy atom. The second-order valence-corrected chi connectivity index (χ2v) is 9.87. The van der Waals surface area contributed by atoms with E-state index in [0.717, 1.165) is 22.5 Å². The summed E-state index contributed by atoms with van der Waals surface area (Å²) < 4.78 is 61.4. The summed E-state index contributed by atoms with van der Waals surface area (Å²) in [5.41, 5.74) is 0.0366. The van der Waals surface area contributed by atoms with Crippen molar-refractivity contribution < 1.29 is 31.8 Å². The van der Waals surface area contributed by atoms with Crippen molar-refractivity contribution in [2.24, 2.45) is 0 Å². The maximum Gasteiger partial charge on any atom is 0.264 e. The van der Waals surface area contributed by atoms with Crippen LogP contribution in [0.3, 0.4) is 0 Å². The molecule has 0 aromatic heterocycles. The Hall–Kier alpha value is -3.21. The highest BCUT2D eigenvalue weighted by atomic mass is 35.5. The van der Waals surface area contributed by atoms with E-state index < -0.39 is 40.3 Å². The first-order valence-corrected chi connectivity index (χ1v) is 11.9. The molecule has 2 N–H and O–H groups in total. The second-order valence-electron chi connectivity index (χ2n) is 7.60. The van der Waals surface area contributed by atoms with Gasteiger partial charge in [0.05, 0.1) is 34.3 Å². The number of nitrogens with zero attached hydrogens (tertiary/aromatic N) is 1. The van der Waals surface area contributed by atoms with E-state index in [1.807, 2.05) is 0 Å². The zero-order chi connectivity index (χ0) is 24.6. The topological polar surface area (TPSA) is 95.9 Å². The van der Waals surface area contributed by atoms with Gasteiger partial charge in [-0.1, -0.05) is 17.7 Å². The zero-order valence-corrected chi connectivity index (χ0v) is 19.3. The van der Waals surface area contributed by atoms with E-state index in [2.05, 4.69) is 5.32 Å². The number of hydrogen-bond donors (Lipinski definition) is 2. The molecule has 0 radical (unpaired) electrons. The highest BCUT2D eigenvalue weighted by molar-refractivity contribution is 7.92. The fourth-order valence-electron chi connectivity index (χ4n) is 3.53. The predicted octanol–water partition coefficient (Wildman–Crippen LogP) is 4.13. The molecule has 0 bridgehead atoms. The molecule has 3 aromatic rings. The van der Waals surface area contributed by atoms with Gasteiger partial charge in [-0.3, -0.25) is 9.10 Å². The summed E-state index contributed by atoms with van der Waals surface area (Å²) in [5.74, 6) is -2.04. The van der Waals surface area contributed by atoms with Crippen LogP contribution in [0.1, 0.15) is 15.9 Å². The summed E-state index contributed by atoms with van der Waals surface area (Å²) in [7, 11) is -4.19. The van der Waals surface area contributed by atoms with Crippen molar-refractivity contribution in [3.63, 3.8) is 0 Å². The van der Waals surface area contributed by atoms with Crippen molar-refractivity contribution >= 4 is 38.9 Å². The summed E-state index contributed by atoms with van der Waals surface area (Å²) in [6, 6.07) is 11.5. The molecule has 0 fully saturated rings. The normalized spacial score (nSPS) is 15.4. The maximum absolute atomic E-state index is 14.1. The standard InChI is InChI=1S/C23H19ClF2N2O5S/c1-13-9-16(6-7-18(13)25)34(31,32)28-11-15(12-29)33-21-8-5-14(10-20(21)28)27-23(30)22-17(24)3-2-4-19(22)26/h2-10,15,29H,11-12H2,1H3,(H,27,30). The van der Waals surface area contributed by atoms with E-state index in [4.69, 9.17) is 16.3 Å². The van der Waals surface area contributed by atoms with Crippen LogP contribution >= 0.6 is 11.6 Å². The zero-order valence-electron chi connectivity index (χ0n) is 17.8. The largest absolute Gasteiger partial charge is 0.484 e. The quantitative estimate of drug-likeness (QED) is 0.540. The molecule has 0 saturated heterocycles. The van der Waals surface area contributed by atoms with E-state index in [1.54, 1.807) is 0 Å². The minimum atomic E-state index is -4.19. The molecule has 1 heterocycles. The maximum atomic E-state index is 14.1. The highest BCUT2D eigenvalue weighted by Crippen LogP contribution is 2.39. The fourth-order valence-corrected chi connectivity index (χ4v) is 5.36. The van der Waals surface area contributed by atoms with E-state index in [-0.39, 0.29) is 44.7 Å². The lowest BCUT2D eigenvalue weighted by atomic mass is 10.1. The number of rotatable bonds is 5. The molecule has 0 spiro atoms. The molecule has 1 amide bonds. The summed E-state index contributed by atoms with van der Waals surface area (Å²) in [5, 5.41) is 12.0. The third-order valence-electron chi connectivity index (χ3n) is 5.26. The van der Waals surface area contributed by atoms with Gasteiger partial charge in [-0.25, -0.2) is 17.2 Å². The van der Waals surface area contributed by atoms with E-state index >= 15 is 0 Å². The lowest BCUT2D eigenvalue weighted by Gasteiger charge is -2.35. The molecule has 4 rings (SSSR count). The molecular formula is C23H19ClF2N2O5S. The molecule has 1 aliphatic heterocycles. The van der Waals surface area contributed by atoms with Crippen LogP contribution in [0.2, 0.25) is 5.02 Å². The van der Waals surface area contributed by atoms with Gasteiger partial charge in [0.25, 0.3) is 15.9 Å². The van der Waals surface area contributed by atoms with Crippen molar-refractivity contribution in [2.45, 2.75) is 17.9 Å². The van der Waals surface area contributed by atoms with E-state index in [0.29, 0.717) is 0 Å². The van der Waals surface area contributed by atoms with Gasteiger partial charge in [-0.05, 0) is 61.0 Å². The van der Waals surface area contributed by atoms with Crippen molar-refractivity contribution in [3.8, 4) is 5.75 Å². The number of aliphatic hydroxyl groups excluding tert-OH is 1. The minimum absolute atomic E-state index is 0.0829. The number of sulfonamides is 1. The van der Waals surface area contributed by atoms with Crippen molar-refractivity contribution in [1.82, 2.24) is 0 Å². The summed E-state index contributed by atoms with van der Waals surface area (Å²) >= 11 is 5.95. The van der Waals surface area contributed by atoms with Crippen molar-refractivity contribution in [3.05, 3.63) is 82.4 Å². The number of aliphatic hydroxyl groups is 1. The lowest BCUT2D eigenvalue weighted by molar-refractivity contribution is 0.102. The molecule has 178 valence electrons. The minimum Gasteiger partial charge on any atom is -0.484 e.